The molecular formula is C12H18N4. The molecule has 1 aromatic heterocycles. The van der Waals surface area contributed by atoms with Gasteiger partial charge in [0.2, 0.25) is 0 Å². The molecule has 3 aliphatic rings. The quantitative estimate of drug-likeness (QED) is 0.772. The molecule has 0 aromatic carbocycles. The number of nitrogens with one attached hydrogen (secondary N) is 1. The molecule has 4 heteroatoms. The van der Waals surface area contributed by atoms with Gasteiger partial charge < -0.3 is 9.88 Å². The summed E-state index contributed by atoms with van der Waals surface area (Å²) in [5.74, 6) is 4.16. The van der Waals surface area contributed by atoms with E-state index in [9.17, 15) is 0 Å². The van der Waals surface area contributed by atoms with Crippen molar-refractivity contribution >= 4 is 0 Å². The van der Waals surface area contributed by atoms with Crippen LogP contribution < -0.4 is 5.32 Å². The summed E-state index contributed by atoms with van der Waals surface area (Å²) < 4.78 is 2.36. The van der Waals surface area contributed by atoms with Gasteiger partial charge in [-0.25, -0.2) is 0 Å². The predicted molar refractivity (Wildman–Crippen MR) is 59.9 cm³/mol. The van der Waals surface area contributed by atoms with E-state index in [0.717, 1.165) is 24.8 Å². The fraction of sp³-hybridized carbons (Fsp3) is 0.833. The average Bonchev–Trinajstić information content (AvgIpc) is 2.97. The summed E-state index contributed by atoms with van der Waals surface area (Å²) in [5.41, 5.74) is 0. The Kier molecular flexibility index (Phi) is 1.89. The molecule has 2 aliphatic heterocycles. The molecule has 1 saturated heterocycles. The Labute approximate surface area is 95.4 Å². The molecule has 2 fully saturated rings. The number of aromatic nitrogens is 3. The lowest BCUT2D eigenvalue weighted by Crippen LogP contribution is -2.22. The van der Waals surface area contributed by atoms with Crippen molar-refractivity contribution < 1.29 is 0 Å². The molecule has 16 heavy (non-hydrogen) atoms. The van der Waals surface area contributed by atoms with Crippen LogP contribution in [0.4, 0.5) is 0 Å². The minimum atomic E-state index is 0.492. The topological polar surface area (TPSA) is 42.7 Å². The van der Waals surface area contributed by atoms with Crippen LogP contribution in [0.2, 0.25) is 0 Å². The number of rotatable bonds is 1. The van der Waals surface area contributed by atoms with Crippen LogP contribution in [0.1, 0.15) is 43.4 Å². The second-order valence-electron chi connectivity index (χ2n) is 5.47. The van der Waals surface area contributed by atoms with Gasteiger partial charge >= 0.3 is 0 Å². The van der Waals surface area contributed by atoms with Gasteiger partial charge in [-0.2, -0.15) is 0 Å². The second kappa shape index (κ2) is 3.29. The number of nitrogens with zero attached hydrogens (tertiary/aromatic N) is 3. The van der Waals surface area contributed by atoms with Crippen molar-refractivity contribution in [2.75, 3.05) is 6.54 Å². The minimum Gasteiger partial charge on any atom is -0.314 e. The summed E-state index contributed by atoms with van der Waals surface area (Å²) in [5, 5.41) is 12.4. The molecule has 1 saturated carbocycles. The van der Waals surface area contributed by atoms with Crippen LogP contribution in [0, 0.1) is 11.8 Å². The summed E-state index contributed by atoms with van der Waals surface area (Å²) in [6, 6.07) is 0.492. The number of fused-ring (bicyclic) bond motifs is 2. The van der Waals surface area contributed by atoms with Gasteiger partial charge in [0.15, 0.2) is 0 Å². The minimum absolute atomic E-state index is 0.492. The Morgan fingerprint density at radius 2 is 2.19 bits per heavy atom. The smallest absolute Gasteiger partial charge is 0.150 e. The highest BCUT2D eigenvalue weighted by Gasteiger charge is 2.42. The van der Waals surface area contributed by atoms with Crippen LogP contribution in [0.3, 0.4) is 0 Å². The van der Waals surface area contributed by atoms with E-state index in [1.54, 1.807) is 0 Å². The summed E-state index contributed by atoms with van der Waals surface area (Å²) in [4.78, 5) is 0. The lowest BCUT2D eigenvalue weighted by molar-refractivity contribution is 0.396. The van der Waals surface area contributed by atoms with Gasteiger partial charge in [-0.1, -0.05) is 6.42 Å². The predicted octanol–water partition coefficient (Wildman–Crippen LogP) is 1.28. The normalized spacial score (nSPS) is 36.6. The molecule has 0 radical (unpaired) electrons. The summed E-state index contributed by atoms with van der Waals surface area (Å²) >= 11 is 0. The average molecular weight is 218 g/mol. The van der Waals surface area contributed by atoms with E-state index in [4.69, 9.17) is 0 Å². The molecule has 0 amide bonds. The number of hydrogen-bond acceptors (Lipinski definition) is 3. The van der Waals surface area contributed by atoms with Crippen LogP contribution in [0.15, 0.2) is 0 Å². The van der Waals surface area contributed by atoms with Crippen molar-refractivity contribution in [1.82, 2.24) is 20.1 Å². The first kappa shape index (κ1) is 9.16. The van der Waals surface area contributed by atoms with Crippen molar-refractivity contribution in [2.45, 2.75) is 44.7 Å². The Bertz CT molecular complexity index is 411. The molecule has 1 aromatic rings. The Morgan fingerprint density at radius 1 is 1.19 bits per heavy atom. The zero-order valence-corrected chi connectivity index (χ0v) is 9.52. The van der Waals surface area contributed by atoms with E-state index < -0.39 is 0 Å². The molecule has 86 valence electrons. The lowest BCUT2D eigenvalue weighted by atomic mass is 9.93. The molecule has 3 unspecified atom stereocenters. The van der Waals surface area contributed by atoms with Gasteiger partial charge in [0.05, 0.1) is 6.04 Å². The van der Waals surface area contributed by atoms with Crippen LogP contribution in [0.25, 0.3) is 0 Å². The van der Waals surface area contributed by atoms with Gasteiger partial charge in [-0.05, 0) is 37.6 Å². The number of aryl methyl sites for hydroxylation is 1. The van der Waals surface area contributed by atoms with Crippen LogP contribution >= 0.6 is 0 Å². The first-order valence-corrected chi connectivity index (χ1v) is 6.59. The molecular weight excluding hydrogens is 200 g/mol. The van der Waals surface area contributed by atoms with Crippen molar-refractivity contribution in [1.29, 1.82) is 0 Å². The van der Waals surface area contributed by atoms with Crippen molar-refractivity contribution in [2.24, 2.45) is 11.8 Å². The first-order valence-electron chi connectivity index (χ1n) is 6.59. The van der Waals surface area contributed by atoms with Crippen LogP contribution in [-0.4, -0.2) is 21.3 Å². The fourth-order valence-electron chi connectivity index (χ4n) is 3.87. The maximum atomic E-state index is 4.43. The van der Waals surface area contributed by atoms with E-state index >= 15 is 0 Å². The molecule has 3 heterocycles. The van der Waals surface area contributed by atoms with Crippen molar-refractivity contribution in [3.63, 3.8) is 0 Å². The standard InChI is InChI=1S/C12H18N4/c1-3-8-7-13-11(9(8)4-1)12-15-14-10-5-2-6-16(10)12/h8-9,11,13H,1-7H2. The summed E-state index contributed by atoms with van der Waals surface area (Å²) in [7, 11) is 0. The van der Waals surface area contributed by atoms with Crippen LogP contribution in [-0.2, 0) is 13.0 Å². The highest BCUT2D eigenvalue weighted by molar-refractivity contribution is 5.10. The van der Waals surface area contributed by atoms with E-state index in [-0.39, 0.29) is 0 Å². The molecule has 3 atom stereocenters. The largest absolute Gasteiger partial charge is 0.314 e. The van der Waals surface area contributed by atoms with Crippen LogP contribution in [0.5, 0.6) is 0 Å². The third-order valence-corrected chi connectivity index (χ3v) is 4.66. The van der Waals surface area contributed by atoms with Crippen molar-refractivity contribution in [3.8, 4) is 0 Å². The highest BCUT2D eigenvalue weighted by atomic mass is 15.3. The van der Waals surface area contributed by atoms with E-state index in [1.807, 2.05) is 0 Å². The fourth-order valence-corrected chi connectivity index (χ4v) is 3.87. The maximum absolute atomic E-state index is 4.43. The molecule has 4 rings (SSSR count). The Hall–Kier alpha value is -0.900. The maximum Gasteiger partial charge on any atom is 0.150 e. The molecule has 1 N–H and O–H groups in total. The zero-order chi connectivity index (χ0) is 10.5. The third kappa shape index (κ3) is 1.14. The highest BCUT2D eigenvalue weighted by Crippen LogP contribution is 2.44. The zero-order valence-electron chi connectivity index (χ0n) is 9.52. The van der Waals surface area contributed by atoms with E-state index in [2.05, 4.69) is 20.1 Å². The number of hydrogen-bond donors (Lipinski definition) is 1. The molecule has 4 nitrogen and oxygen atoms in total. The second-order valence-corrected chi connectivity index (χ2v) is 5.47. The third-order valence-electron chi connectivity index (χ3n) is 4.66. The Morgan fingerprint density at radius 3 is 3.19 bits per heavy atom. The van der Waals surface area contributed by atoms with Gasteiger partial charge in [0, 0.05) is 13.0 Å². The van der Waals surface area contributed by atoms with Gasteiger partial charge in [-0.15, -0.1) is 10.2 Å². The van der Waals surface area contributed by atoms with Gasteiger partial charge in [0.25, 0.3) is 0 Å². The summed E-state index contributed by atoms with van der Waals surface area (Å²) in [6.07, 6.45) is 6.57. The van der Waals surface area contributed by atoms with Crippen molar-refractivity contribution in [3.05, 3.63) is 11.6 Å². The first-order chi connectivity index (χ1) is 7.93. The Balaban J connectivity index is 1.69. The SMILES string of the molecule is C1CC2CNC(c3nnc4n3CCC4)C2C1. The lowest BCUT2D eigenvalue weighted by Gasteiger charge is -2.17. The van der Waals surface area contributed by atoms with Gasteiger partial charge in [0.1, 0.15) is 11.6 Å². The summed E-state index contributed by atoms with van der Waals surface area (Å²) in [6.45, 7) is 2.32. The molecule has 0 bridgehead atoms. The van der Waals surface area contributed by atoms with Gasteiger partial charge in [-0.3, -0.25) is 0 Å². The molecule has 1 aliphatic carbocycles. The van der Waals surface area contributed by atoms with E-state index in [0.29, 0.717) is 6.04 Å². The molecule has 0 spiro atoms. The van der Waals surface area contributed by atoms with E-state index in [1.165, 1.54) is 43.9 Å². The monoisotopic (exact) mass is 218 g/mol.